The summed E-state index contributed by atoms with van der Waals surface area (Å²) in [6.45, 7) is 4.63. The third-order valence-electron chi connectivity index (χ3n) is 22.1. The first-order chi connectivity index (χ1) is 48.6. The van der Waals surface area contributed by atoms with Gasteiger partial charge in [0.05, 0.1) is 19.1 Å². The summed E-state index contributed by atoms with van der Waals surface area (Å²) in [5, 5.41) is 60.6. The number of nitrogens with zero attached hydrogens (tertiary/aromatic N) is 1. The number of hydrogen-bond donors (Lipinski definition) is 17. The average Bonchev–Trinajstić information content (AvgIpc) is 1.62. The van der Waals surface area contributed by atoms with Crippen LogP contribution in [0.1, 0.15) is 154 Å². The maximum absolute atomic E-state index is 15.3. The molecule has 102 heavy (non-hydrogen) atoms. The van der Waals surface area contributed by atoms with Crippen LogP contribution in [0.25, 0.3) is 0 Å². The number of carbonyl (C=O) groups is 13. The van der Waals surface area contributed by atoms with Crippen LogP contribution in [0.4, 0.5) is 8.78 Å². The molecule has 3 aliphatic carbocycles. The van der Waals surface area contributed by atoms with Gasteiger partial charge in [-0.15, -0.1) is 0 Å². The zero-order valence-electron chi connectivity index (χ0n) is 58.4. The summed E-state index contributed by atoms with van der Waals surface area (Å²) in [6, 6.07) is -5.78. The van der Waals surface area contributed by atoms with E-state index in [0.29, 0.717) is 88.7 Å². The lowest BCUT2D eigenvalue weighted by Crippen LogP contribution is -2.63. The second-order valence-electron chi connectivity index (χ2n) is 29.6. The Morgan fingerprint density at radius 1 is 0.618 bits per heavy atom. The highest BCUT2D eigenvalue weighted by molar-refractivity contribution is 6.00. The Balaban J connectivity index is 1.03. The van der Waals surface area contributed by atoms with Gasteiger partial charge in [-0.3, -0.25) is 62.3 Å². The lowest BCUT2D eigenvalue weighted by Gasteiger charge is -2.38. The summed E-state index contributed by atoms with van der Waals surface area (Å²) >= 11 is 0. The van der Waals surface area contributed by atoms with Crippen molar-refractivity contribution in [2.75, 3.05) is 39.4 Å². The number of benzene rings is 1. The van der Waals surface area contributed by atoms with E-state index in [1.165, 1.54) is 25.7 Å². The number of alkyl halides is 2. The van der Waals surface area contributed by atoms with Crippen LogP contribution in [0, 0.1) is 29.6 Å². The largest absolute Gasteiger partial charge is 0.481 e. The van der Waals surface area contributed by atoms with Crippen LogP contribution >= 0.6 is 0 Å². The van der Waals surface area contributed by atoms with Crippen LogP contribution in [0.2, 0.25) is 0 Å². The van der Waals surface area contributed by atoms with Crippen molar-refractivity contribution >= 4 is 76.9 Å². The van der Waals surface area contributed by atoms with Gasteiger partial charge >= 0.3 is 5.97 Å². The number of nitrogens with two attached hydrogens (primary N) is 1. The second kappa shape index (κ2) is 35.9. The predicted octanol–water partition coefficient (Wildman–Crippen LogP) is -2.90. The topological polar surface area (TPSA) is 460 Å². The Morgan fingerprint density at radius 3 is 1.76 bits per heavy atom. The number of hydrogen-bond acceptors (Lipinski definition) is 18. The number of carbonyl (C=O) groups excluding carboxylic acids is 12. The lowest BCUT2D eigenvalue weighted by atomic mass is 9.76. The van der Waals surface area contributed by atoms with Gasteiger partial charge in [-0.05, 0) is 177 Å². The number of rotatable bonds is 12. The highest BCUT2D eigenvalue weighted by Gasteiger charge is 2.50. The van der Waals surface area contributed by atoms with E-state index in [-0.39, 0.29) is 114 Å². The standard InChI is InChI=1S/C69H104F2N16O15/c1-35-61(95)77-33-58(91)81-52(23-40-30-74-48-15-11-42(70)25-46(40)48)63(97)82-53(24-41-31-75-49-16-12-43(71)26-47(41)49)64(98)84-55(28-59(92)93)66(100)83-54(27-44-32-73-34-78-44)65(99)85-56(22-38-9-13-45(89)14-10-38)67(101)87-20-4-19-69(87,3)68(102)86-50(60(72)94)17-18-57(90)76-29-39-7-5-37(6-8-39)21-51(62(96)79-35)80-36(2)88/h5-8,35,38,40-56,73-75,78,89H,4,9-34H2,1-3H3,(H2,72,94)(H,76,90)(H,77,95)(H,79,96)(H,80,88)(H,81,91)(H,82,97)(H,83,100)(H,84,98)(H,85,99)(H,86,102)(H,92,93)/t35-,38?,40?,41?,42?,43?,44?,45?,46?,47?,48?,49?,50-,51-,52-,53-,54-,55-,56-,69-/m0/s1. The van der Waals surface area contributed by atoms with Crippen molar-refractivity contribution in [2.24, 2.45) is 35.3 Å². The number of nitrogens with one attached hydrogen (secondary N) is 14. The highest BCUT2D eigenvalue weighted by Crippen LogP contribution is 2.40. The van der Waals surface area contributed by atoms with Crippen LogP contribution < -0.4 is 80.2 Å². The maximum atomic E-state index is 15.3. The molecule has 18 atom stereocenters. The zero-order valence-corrected chi connectivity index (χ0v) is 58.4. The van der Waals surface area contributed by atoms with Crippen LogP contribution in [0.3, 0.4) is 0 Å². The van der Waals surface area contributed by atoms with E-state index in [0.717, 1.165) is 0 Å². The summed E-state index contributed by atoms with van der Waals surface area (Å²) < 4.78 is 30.4. The summed E-state index contributed by atoms with van der Waals surface area (Å²) in [7, 11) is 0. The van der Waals surface area contributed by atoms with Crippen LogP contribution in [-0.2, 0) is 75.3 Å². The molecule has 1 aromatic carbocycles. The molecule has 3 saturated carbocycles. The third-order valence-corrected chi connectivity index (χ3v) is 22.1. The average molecular weight is 1440 g/mol. The van der Waals surface area contributed by atoms with Gasteiger partial charge in [0, 0.05) is 64.2 Å². The maximum Gasteiger partial charge on any atom is 0.305 e. The Kier molecular flexibility index (Phi) is 27.5. The predicted molar refractivity (Wildman–Crippen MR) is 363 cm³/mol. The number of aliphatic hydroxyl groups is 1. The Morgan fingerprint density at radius 2 is 1.19 bits per heavy atom. The molecule has 6 heterocycles. The normalized spacial score (nSPS) is 35.7. The Bertz CT molecular complexity index is 3220. The molecular weight excluding hydrogens is 1330 g/mol. The van der Waals surface area contributed by atoms with E-state index >= 15 is 28.0 Å². The fraction of sp³-hybridized carbons (Fsp3) is 0.725. The number of primary amides is 1. The first-order valence-corrected chi connectivity index (χ1v) is 36.3. The van der Waals surface area contributed by atoms with E-state index < -0.39 is 180 Å². The van der Waals surface area contributed by atoms with Gasteiger partial charge in [-0.2, -0.15) is 0 Å². The SMILES string of the molecule is CC(=O)N[C@H]1Cc2ccc(cc2)CNC(=O)CC[C@@H](C(N)=O)NC(=O)[C@]2(C)CCCN2C(=O)[C@H](CC2CCC(O)CC2)NC(=O)[C@H](CC2CNCN2)NC(=O)[C@H](CC(=O)O)NC(=O)[C@H](CC2CNC3CCC(F)CC23)NC(=O)[C@H](CC2CNC3CCC(F)CC23)NC(=O)CNC(=O)[C@H](C)NC1=O. The molecule has 7 fully saturated rings. The van der Waals surface area contributed by atoms with Crippen molar-refractivity contribution in [3.05, 3.63) is 35.4 Å². The van der Waals surface area contributed by atoms with Crippen molar-refractivity contribution in [3.63, 3.8) is 0 Å². The first kappa shape index (κ1) is 78.1. The zero-order chi connectivity index (χ0) is 73.5. The van der Waals surface area contributed by atoms with Crippen molar-refractivity contribution in [3.8, 4) is 0 Å². The molecule has 10 rings (SSSR count). The molecular formula is C69H104F2N16O15. The van der Waals surface area contributed by atoms with E-state index in [4.69, 9.17) is 5.73 Å². The molecule has 1 aromatic rings. The minimum atomic E-state index is -1.94. The van der Waals surface area contributed by atoms with Gasteiger partial charge in [0.15, 0.2) is 0 Å². The first-order valence-electron chi connectivity index (χ1n) is 36.3. The molecule has 4 saturated heterocycles. The number of halogens is 2. The third kappa shape index (κ3) is 21.3. The van der Waals surface area contributed by atoms with Gasteiger partial charge < -0.3 is 95.3 Å². The van der Waals surface area contributed by atoms with Crippen molar-refractivity contribution in [1.29, 1.82) is 0 Å². The number of carboxylic acids is 1. The van der Waals surface area contributed by atoms with Crippen molar-refractivity contribution in [1.82, 2.24) is 79.3 Å². The van der Waals surface area contributed by atoms with Gasteiger partial charge in [-0.25, -0.2) is 8.78 Å². The number of amides is 12. The molecule has 12 amide bonds. The lowest BCUT2D eigenvalue weighted by molar-refractivity contribution is -0.148. The van der Waals surface area contributed by atoms with Crippen LogP contribution in [0.5, 0.6) is 0 Å². The van der Waals surface area contributed by atoms with Crippen molar-refractivity contribution in [2.45, 2.75) is 246 Å². The second-order valence-corrected chi connectivity index (χ2v) is 29.6. The summed E-state index contributed by atoms with van der Waals surface area (Å²) in [4.78, 5) is 185. The van der Waals surface area contributed by atoms with Crippen molar-refractivity contribution < 1.29 is 81.3 Å². The summed E-state index contributed by atoms with van der Waals surface area (Å²) in [6.07, 6.45) is -0.726. The van der Waals surface area contributed by atoms with Crippen LogP contribution in [0.15, 0.2) is 24.3 Å². The molecule has 0 spiro atoms. The molecule has 31 nitrogen and oxygen atoms in total. The fourth-order valence-corrected chi connectivity index (χ4v) is 16.3. The Hall–Kier alpha value is -8.01. The number of aliphatic carboxylic acids is 1. The van der Waals surface area contributed by atoms with E-state index in [9.17, 15) is 53.4 Å². The fourth-order valence-electron chi connectivity index (χ4n) is 16.3. The number of aliphatic hydroxyl groups excluding tert-OH is 1. The van der Waals surface area contributed by atoms with E-state index in [2.05, 4.69) is 74.4 Å². The van der Waals surface area contributed by atoms with Gasteiger partial charge in [0.2, 0.25) is 70.9 Å². The molecule has 2 bridgehead atoms. The molecule has 9 aliphatic rings. The molecule has 0 radical (unpaired) electrons. The van der Waals surface area contributed by atoms with Gasteiger partial charge in [0.25, 0.3) is 0 Å². The Labute approximate surface area is 591 Å². The van der Waals surface area contributed by atoms with Crippen LogP contribution in [-0.4, -0.2) is 222 Å². The van der Waals surface area contributed by atoms with Gasteiger partial charge in [0.1, 0.15) is 66.2 Å². The molecule has 0 aromatic heterocycles. The minimum absolute atomic E-state index is 0.0174. The van der Waals surface area contributed by atoms with Gasteiger partial charge in [-0.1, -0.05) is 24.3 Å². The molecule has 564 valence electrons. The molecule has 9 unspecified atom stereocenters. The monoisotopic (exact) mass is 1430 g/mol. The molecule has 6 aliphatic heterocycles. The van der Waals surface area contributed by atoms with E-state index in [1.807, 2.05) is 0 Å². The van der Waals surface area contributed by atoms with E-state index in [1.54, 1.807) is 24.3 Å². The quantitative estimate of drug-likeness (QED) is 0.0934. The number of fused-ring (bicyclic) bond motifs is 34. The summed E-state index contributed by atoms with van der Waals surface area (Å²) in [5.74, 6) is -13.1. The minimum Gasteiger partial charge on any atom is -0.481 e. The number of carboxylic acid groups (broad SMARTS) is 1. The highest BCUT2D eigenvalue weighted by atomic mass is 19.1. The molecule has 33 heteroatoms. The summed E-state index contributed by atoms with van der Waals surface area (Å²) in [5.41, 5.74) is 5.39. The molecule has 18 N–H and O–H groups in total. The smallest absolute Gasteiger partial charge is 0.305 e.